The van der Waals surface area contributed by atoms with E-state index in [1.807, 2.05) is 37.3 Å². The van der Waals surface area contributed by atoms with E-state index in [1.54, 1.807) is 0 Å². The fourth-order valence-electron chi connectivity index (χ4n) is 1.79. The van der Waals surface area contributed by atoms with Crippen molar-refractivity contribution >= 4 is 5.71 Å². The maximum atomic E-state index is 8.65. The molecular weight excluding hydrogens is 238 g/mol. The van der Waals surface area contributed by atoms with Crippen LogP contribution in [-0.2, 0) is 4.84 Å². The van der Waals surface area contributed by atoms with E-state index in [-0.39, 0.29) is 13.2 Å². The Morgan fingerprint density at radius 1 is 1.05 bits per heavy atom. The van der Waals surface area contributed by atoms with Crippen LogP contribution < -0.4 is 0 Å². The molecule has 0 amide bonds. The number of aliphatic hydroxyl groups excluding tert-OH is 1. The Morgan fingerprint density at radius 2 is 1.79 bits per heavy atom. The van der Waals surface area contributed by atoms with Crippen LogP contribution in [0.5, 0.6) is 0 Å². The average molecular weight is 255 g/mol. The van der Waals surface area contributed by atoms with Crippen LogP contribution >= 0.6 is 0 Å². The van der Waals surface area contributed by atoms with Crippen molar-refractivity contribution in [2.45, 2.75) is 6.92 Å². The summed E-state index contributed by atoms with van der Waals surface area (Å²) in [5.74, 6) is 0. The van der Waals surface area contributed by atoms with Gasteiger partial charge >= 0.3 is 0 Å². The van der Waals surface area contributed by atoms with Crippen molar-refractivity contribution in [1.82, 2.24) is 0 Å². The van der Waals surface area contributed by atoms with E-state index in [4.69, 9.17) is 9.94 Å². The second-order valence-electron chi connectivity index (χ2n) is 4.18. The van der Waals surface area contributed by atoms with Crippen molar-refractivity contribution in [1.29, 1.82) is 0 Å². The zero-order chi connectivity index (χ0) is 13.5. The molecule has 2 aromatic carbocycles. The van der Waals surface area contributed by atoms with E-state index in [2.05, 4.69) is 29.4 Å². The van der Waals surface area contributed by atoms with Gasteiger partial charge in [-0.3, -0.25) is 0 Å². The van der Waals surface area contributed by atoms with Crippen molar-refractivity contribution in [3.05, 3.63) is 60.2 Å². The largest absolute Gasteiger partial charge is 0.393 e. The molecule has 0 bridgehead atoms. The molecule has 0 fully saturated rings. The number of rotatable bonds is 5. The van der Waals surface area contributed by atoms with Crippen LogP contribution in [0.1, 0.15) is 12.5 Å². The lowest BCUT2D eigenvalue weighted by Gasteiger charge is -2.05. The van der Waals surface area contributed by atoms with Crippen LogP contribution in [0, 0.1) is 0 Å². The number of nitrogens with zero attached hydrogens (tertiary/aromatic N) is 1. The number of benzene rings is 2. The first kappa shape index (κ1) is 13.3. The summed E-state index contributed by atoms with van der Waals surface area (Å²) in [6.07, 6.45) is 0. The van der Waals surface area contributed by atoms with Gasteiger partial charge in [0.15, 0.2) is 0 Å². The smallest absolute Gasteiger partial charge is 0.140 e. The molecule has 0 aliphatic heterocycles. The molecule has 0 unspecified atom stereocenters. The Kier molecular flexibility index (Phi) is 4.70. The van der Waals surface area contributed by atoms with Crippen LogP contribution in [-0.4, -0.2) is 24.0 Å². The summed E-state index contributed by atoms with van der Waals surface area (Å²) < 4.78 is 0. The summed E-state index contributed by atoms with van der Waals surface area (Å²) in [7, 11) is 0. The lowest BCUT2D eigenvalue weighted by Crippen LogP contribution is -1.99. The van der Waals surface area contributed by atoms with Crippen LogP contribution in [0.4, 0.5) is 0 Å². The number of oxime groups is 1. The molecule has 2 aromatic rings. The van der Waals surface area contributed by atoms with Gasteiger partial charge < -0.3 is 9.94 Å². The summed E-state index contributed by atoms with van der Waals surface area (Å²) >= 11 is 0. The monoisotopic (exact) mass is 255 g/mol. The molecular formula is C16H17NO2. The molecule has 1 N–H and O–H groups in total. The van der Waals surface area contributed by atoms with Crippen LogP contribution in [0.25, 0.3) is 11.1 Å². The van der Waals surface area contributed by atoms with Gasteiger partial charge in [-0.25, -0.2) is 0 Å². The highest BCUT2D eigenvalue weighted by Crippen LogP contribution is 2.20. The number of hydrogen-bond donors (Lipinski definition) is 1. The second-order valence-corrected chi connectivity index (χ2v) is 4.18. The van der Waals surface area contributed by atoms with Crippen LogP contribution in [0.2, 0.25) is 0 Å². The molecule has 0 aromatic heterocycles. The number of hydrogen-bond acceptors (Lipinski definition) is 3. The SMILES string of the molecule is CC(=NOCCO)c1cccc(-c2ccccc2)c1. The highest BCUT2D eigenvalue weighted by atomic mass is 16.6. The molecule has 0 aliphatic rings. The molecule has 98 valence electrons. The van der Waals surface area contributed by atoms with Crippen molar-refractivity contribution in [2.24, 2.45) is 5.16 Å². The predicted octanol–water partition coefficient (Wildman–Crippen LogP) is 3.09. The molecule has 0 heterocycles. The molecule has 0 radical (unpaired) electrons. The van der Waals surface area contributed by atoms with Crippen LogP contribution in [0.3, 0.4) is 0 Å². The number of aliphatic hydroxyl groups is 1. The Bertz CT molecular complexity index is 550. The molecule has 0 aliphatic carbocycles. The fraction of sp³-hybridized carbons (Fsp3) is 0.188. The van der Waals surface area contributed by atoms with Crippen molar-refractivity contribution < 1.29 is 9.94 Å². The highest BCUT2D eigenvalue weighted by molar-refractivity contribution is 5.99. The summed E-state index contributed by atoms with van der Waals surface area (Å²) in [5.41, 5.74) is 4.13. The maximum Gasteiger partial charge on any atom is 0.140 e. The molecule has 0 spiro atoms. The lowest BCUT2D eigenvalue weighted by atomic mass is 10.0. The molecule has 3 nitrogen and oxygen atoms in total. The van der Waals surface area contributed by atoms with E-state index in [1.165, 1.54) is 5.56 Å². The first-order valence-electron chi connectivity index (χ1n) is 6.24. The summed E-state index contributed by atoms with van der Waals surface area (Å²) in [4.78, 5) is 4.98. The van der Waals surface area contributed by atoms with Gasteiger partial charge in [0.2, 0.25) is 0 Å². The van der Waals surface area contributed by atoms with Crippen molar-refractivity contribution in [2.75, 3.05) is 13.2 Å². The minimum absolute atomic E-state index is 0.0269. The van der Waals surface area contributed by atoms with Gasteiger partial charge in [-0.05, 0) is 29.7 Å². The summed E-state index contributed by atoms with van der Waals surface area (Å²) in [6, 6.07) is 18.3. The zero-order valence-corrected chi connectivity index (χ0v) is 10.9. The highest BCUT2D eigenvalue weighted by Gasteiger charge is 2.01. The minimum Gasteiger partial charge on any atom is -0.393 e. The third-order valence-electron chi connectivity index (χ3n) is 2.77. The molecule has 19 heavy (non-hydrogen) atoms. The van der Waals surface area contributed by atoms with E-state index >= 15 is 0 Å². The van der Waals surface area contributed by atoms with E-state index in [9.17, 15) is 0 Å². The predicted molar refractivity (Wildman–Crippen MR) is 77.1 cm³/mol. The Hall–Kier alpha value is -2.13. The average Bonchev–Trinajstić information content (AvgIpc) is 2.48. The Balaban J connectivity index is 2.22. The molecule has 3 heteroatoms. The zero-order valence-electron chi connectivity index (χ0n) is 10.9. The summed E-state index contributed by atoms with van der Waals surface area (Å²) in [5, 5.41) is 12.6. The fourth-order valence-corrected chi connectivity index (χ4v) is 1.79. The Morgan fingerprint density at radius 3 is 2.53 bits per heavy atom. The Labute approximate surface area is 113 Å². The van der Waals surface area contributed by atoms with E-state index < -0.39 is 0 Å². The lowest BCUT2D eigenvalue weighted by molar-refractivity contribution is 0.0986. The quantitative estimate of drug-likeness (QED) is 0.507. The summed E-state index contributed by atoms with van der Waals surface area (Å²) in [6.45, 7) is 2.08. The third kappa shape index (κ3) is 3.66. The standard InChI is InChI=1S/C16H17NO2/c1-13(17-19-11-10-18)15-8-5-9-16(12-15)14-6-3-2-4-7-14/h2-9,12,18H,10-11H2,1H3. The second kappa shape index (κ2) is 6.71. The van der Waals surface area contributed by atoms with Gasteiger partial charge in [0, 0.05) is 0 Å². The van der Waals surface area contributed by atoms with Gasteiger partial charge in [0.25, 0.3) is 0 Å². The topological polar surface area (TPSA) is 41.8 Å². The maximum absolute atomic E-state index is 8.65. The molecule has 0 saturated carbocycles. The minimum atomic E-state index is -0.0269. The van der Waals surface area contributed by atoms with Crippen molar-refractivity contribution in [3.8, 4) is 11.1 Å². The third-order valence-corrected chi connectivity index (χ3v) is 2.77. The van der Waals surface area contributed by atoms with Crippen LogP contribution in [0.15, 0.2) is 59.8 Å². The molecule has 2 rings (SSSR count). The van der Waals surface area contributed by atoms with Gasteiger partial charge in [0.05, 0.1) is 12.3 Å². The van der Waals surface area contributed by atoms with E-state index in [0.29, 0.717) is 0 Å². The molecule has 0 saturated heterocycles. The normalized spacial score (nSPS) is 11.4. The van der Waals surface area contributed by atoms with Gasteiger partial charge in [-0.15, -0.1) is 0 Å². The molecule has 0 atom stereocenters. The van der Waals surface area contributed by atoms with E-state index in [0.717, 1.165) is 16.8 Å². The van der Waals surface area contributed by atoms with Gasteiger partial charge in [0.1, 0.15) is 6.61 Å². The first-order chi connectivity index (χ1) is 9.31. The first-order valence-corrected chi connectivity index (χ1v) is 6.24. The van der Waals surface area contributed by atoms with Crippen molar-refractivity contribution in [3.63, 3.8) is 0 Å². The van der Waals surface area contributed by atoms with Gasteiger partial charge in [-0.1, -0.05) is 53.7 Å². The van der Waals surface area contributed by atoms with Gasteiger partial charge in [-0.2, -0.15) is 0 Å².